The van der Waals surface area contributed by atoms with Gasteiger partial charge < -0.3 is 14.5 Å². The molecule has 3 aromatic rings. The lowest BCUT2D eigenvalue weighted by molar-refractivity contribution is 0.174. The largest absolute Gasteiger partial charge is 0.454 e. The molecule has 3 heterocycles. The maximum absolute atomic E-state index is 5.64. The van der Waals surface area contributed by atoms with Crippen LogP contribution in [0.25, 0.3) is 10.9 Å². The molecule has 0 amide bonds. The van der Waals surface area contributed by atoms with E-state index >= 15 is 0 Å². The molecular formula is C20H20N2O2. The summed E-state index contributed by atoms with van der Waals surface area (Å²) >= 11 is 0. The lowest BCUT2D eigenvalue weighted by Crippen LogP contribution is -2.35. The molecule has 1 aromatic heterocycles. The van der Waals surface area contributed by atoms with Gasteiger partial charge in [0.05, 0.1) is 6.04 Å². The SMILES string of the molecule is CCN1CCc2cc3c(cc2C1c1c[nH]c2ccccc12)OCO3. The summed E-state index contributed by atoms with van der Waals surface area (Å²) in [5.74, 6) is 1.76. The quantitative estimate of drug-likeness (QED) is 0.779. The van der Waals surface area contributed by atoms with Crippen LogP contribution >= 0.6 is 0 Å². The van der Waals surface area contributed by atoms with E-state index in [4.69, 9.17) is 9.47 Å². The van der Waals surface area contributed by atoms with E-state index in [0.717, 1.165) is 31.0 Å². The molecule has 0 bridgehead atoms. The first-order valence-electron chi connectivity index (χ1n) is 8.57. The molecule has 0 saturated carbocycles. The second-order valence-corrected chi connectivity index (χ2v) is 6.48. The van der Waals surface area contributed by atoms with Crippen molar-refractivity contribution in [1.29, 1.82) is 0 Å². The van der Waals surface area contributed by atoms with Crippen LogP contribution in [0.3, 0.4) is 0 Å². The molecular weight excluding hydrogens is 300 g/mol. The number of para-hydroxylation sites is 1. The highest BCUT2D eigenvalue weighted by molar-refractivity contribution is 5.84. The maximum Gasteiger partial charge on any atom is 0.231 e. The minimum atomic E-state index is 0.254. The molecule has 4 nitrogen and oxygen atoms in total. The van der Waals surface area contributed by atoms with Crippen molar-refractivity contribution in [3.63, 3.8) is 0 Å². The van der Waals surface area contributed by atoms with Gasteiger partial charge in [0.15, 0.2) is 11.5 Å². The molecule has 2 aromatic carbocycles. The normalized spacial score (nSPS) is 19.6. The summed E-state index contributed by atoms with van der Waals surface area (Å²) in [5, 5.41) is 1.30. The predicted molar refractivity (Wildman–Crippen MR) is 93.7 cm³/mol. The molecule has 1 N–H and O–H groups in total. The minimum absolute atomic E-state index is 0.254. The van der Waals surface area contributed by atoms with Gasteiger partial charge in [0.1, 0.15) is 0 Å². The number of aromatic amines is 1. The second kappa shape index (κ2) is 5.28. The molecule has 5 rings (SSSR count). The molecule has 0 fully saturated rings. The van der Waals surface area contributed by atoms with Crippen molar-refractivity contribution in [1.82, 2.24) is 9.88 Å². The average molecular weight is 320 g/mol. The number of fused-ring (bicyclic) bond motifs is 3. The Labute approximate surface area is 141 Å². The highest BCUT2D eigenvalue weighted by atomic mass is 16.7. The van der Waals surface area contributed by atoms with Crippen molar-refractivity contribution in [3.05, 3.63) is 59.3 Å². The van der Waals surface area contributed by atoms with E-state index in [1.54, 1.807) is 0 Å². The summed E-state index contributed by atoms with van der Waals surface area (Å²) in [4.78, 5) is 5.97. The fraction of sp³-hybridized carbons (Fsp3) is 0.300. The summed E-state index contributed by atoms with van der Waals surface area (Å²) in [6.45, 7) is 4.65. The van der Waals surface area contributed by atoms with Crippen LogP contribution in [0.1, 0.15) is 29.7 Å². The monoisotopic (exact) mass is 320 g/mol. The van der Waals surface area contributed by atoms with Crippen LogP contribution in [0.2, 0.25) is 0 Å². The van der Waals surface area contributed by atoms with E-state index in [-0.39, 0.29) is 6.04 Å². The number of aromatic nitrogens is 1. The number of rotatable bonds is 2. The Kier molecular flexibility index (Phi) is 3.06. The van der Waals surface area contributed by atoms with E-state index in [1.807, 2.05) is 0 Å². The Hall–Kier alpha value is -2.46. The van der Waals surface area contributed by atoms with Crippen molar-refractivity contribution in [2.75, 3.05) is 19.9 Å². The van der Waals surface area contributed by atoms with Gasteiger partial charge in [0.2, 0.25) is 6.79 Å². The zero-order valence-electron chi connectivity index (χ0n) is 13.7. The second-order valence-electron chi connectivity index (χ2n) is 6.48. The summed E-state index contributed by atoms with van der Waals surface area (Å²) in [7, 11) is 0. The molecule has 1 atom stereocenters. The van der Waals surface area contributed by atoms with Gasteiger partial charge in [0, 0.05) is 23.6 Å². The number of hydrogen-bond acceptors (Lipinski definition) is 3. The molecule has 1 unspecified atom stereocenters. The topological polar surface area (TPSA) is 37.5 Å². The standard InChI is InChI=1S/C20H20N2O2/c1-2-22-8-7-13-9-18-19(24-12-23-18)10-15(13)20(22)16-11-21-17-6-4-3-5-14(16)17/h3-6,9-11,20-21H,2,7-8,12H2,1H3. The number of benzene rings is 2. The summed E-state index contributed by atoms with van der Waals surface area (Å²) in [6.07, 6.45) is 3.22. The van der Waals surface area contributed by atoms with Gasteiger partial charge in [-0.1, -0.05) is 25.1 Å². The Morgan fingerprint density at radius 3 is 2.83 bits per heavy atom. The Balaban J connectivity index is 1.71. The number of likely N-dealkylation sites (N-methyl/N-ethyl adjacent to an activating group) is 1. The first-order chi connectivity index (χ1) is 11.8. The lowest BCUT2D eigenvalue weighted by Gasteiger charge is -2.36. The number of nitrogens with zero attached hydrogens (tertiary/aromatic N) is 1. The molecule has 2 aliphatic rings. The molecule has 0 saturated heterocycles. The van der Waals surface area contributed by atoms with Crippen LogP contribution in [-0.2, 0) is 6.42 Å². The predicted octanol–water partition coefficient (Wildman–Crippen LogP) is 3.86. The van der Waals surface area contributed by atoms with Gasteiger partial charge in [-0.25, -0.2) is 0 Å². The molecule has 24 heavy (non-hydrogen) atoms. The molecule has 4 heteroatoms. The zero-order chi connectivity index (χ0) is 16.1. The Morgan fingerprint density at radius 2 is 1.96 bits per heavy atom. The lowest BCUT2D eigenvalue weighted by atomic mass is 9.87. The fourth-order valence-corrected chi connectivity index (χ4v) is 4.09. The van der Waals surface area contributed by atoms with Crippen LogP contribution in [0.15, 0.2) is 42.6 Å². The smallest absolute Gasteiger partial charge is 0.231 e. The first-order valence-corrected chi connectivity index (χ1v) is 8.57. The van der Waals surface area contributed by atoms with Crippen molar-refractivity contribution in [3.8, 4) is 11.5 Å². The molecule has 0 aliphatic carbocycles. The molecule has 0 radical (unpaired) electrons. The highest BCUT2D eigenvalue weighted by Crippen LogP contribution is 2.43. The molecule has 2 aliphatic heterocycles. The van der Waals surface area contributed by atoms with Crippen LogP contribution < -0.4 is 9.47 Å². The Morgan fingerprint density at radius 1 is 1.12 bits per heavy atom. The van der Waals surface area contributed by atoms with Gasteiger partial charge in [0.25, 0.3) is 0 Å². The van der Waals surface area contributed by atoms with Crippen LogP contribution in [0.5, 0.6) is 11.5 Å². The summed E-state index contributed by atoms with van der Waals surface area (Å²) in [6, 6.07) is 13.1. The summed E-state index contributed by atoms with van der Waals surface area (Å²) < 4.78 is 11.2. The van der Waals surface area contributed by atoms with E-state index < -0.39 is 0 Å². The van der Waals surface area contributed by atoms with Crippen molar-refractivity contribution < 1.29 is 9.47 Å². The highest BCUT2D eigenvalue weighted by Gasteiger charge is 2.31. The minimum Gasteiger partial charge on any atom is -0.454 e. The number of hydrogen-bond donors (Lipinski definition) is 1. The van der Waals surface area contributed by atoms with Gasteiger partial charge in [-0.05, 0) is 47.9 Å². The van der Waals surface area contributed by atoms with Crippen LogP contribution in [0.4, 0.5) is 0 Å². The average Bonchev–Trinajstić information content (AvgIpc) is 3.25. The maximum atomic E-state index is 5.64. The summed E-state index contributed by atoms with van der Waals surface area (Å²) in [5.41, 5.74) is 5.25. The number of nitrogens with one attached hydrogen (secondary N) is 1. The Bertz CT molecular complexity index is 915. The van der Waals surface area contributed by atoms with E-state index in [1.165, 1.54) is 27.6 Å². The third-order valence-electron chi connectivity index (χ3n) is 5.28. The zero-order valence-corrected chi connectivity index (χ0v) is 13.7. The number of H-pyrrole nitrogens is 1. The van der Waals surface area contributed by atoms with Crippen molar-refractivity contribution >= 4 is 10.9 Å². The van der Waals surface area contributed by atoms with E-state index in [0.29, 0.717) is 6.79 Å². The molecule has 122 valence electrons. The fourth-order valence-electron chi connectivity index (χ4n) is 4.09. The number of ether oxygens (including phenoxy) is 2. The van der Waals surface area contributed by atoms with E-state index in [9.17, 15) is 0 Å². The van der Waals surface area contributed by atoms with Crippen molar-refractivity contribution in [2.45, 2.75) is 19.4 Å². The third kappa shape index (κ3) is 1.96. The first kappa shape index (κ1) is 13.9. The van der Waals surface area contributed by atoms with Gasteiger partial charge in [-0.2, -0.15) is 0 Å². The van der Waals surface area contributed by atoms with Gasteiger partial charge >= 0.3 is 0 Å². The third-order valence-corrected chi connectivity index (χ3v) is 5.28. The molecule has 0 spiro atoms. The van der Waals surface area contributed by atoms with Gasteiger partial charge in [-0.3, -0.25) is 4.90 Å². The van der Waals surface area contributed by atoms with Gasteiger partial charge in [-0.15, -0.1) is 0 Å². The van der Waals surface area contributed by atoms with Crippen molar-refractivity contribution in [2.24, 2.45) is 0 Å². The van der Waals surface area contributed by atoms with Crippen LogP contribution in [-0.4, -0.2) is 29.8 Å². The van der Waals surface area contributed by atoms with E-state index in [2.05, 4.69) is 59.4 Å². The van der Waals surface area contributed by atoms with Crippen LogP contribution in [0, 0.1) is 0 Å².